The average molecular weight is 363 g/mol. The van der Waals surface area contributed by atoms with Gasteiger partial charge in [0.25, 0.3) is 0 Å². The molecule has 4 nitrogen and oxygen atoms in total. The van der Waals surface area contributed by atoms with Gasteiger partial charge in [0.1, 0.15) is 5.78 Å². The number of aliphatic hydroxyl groups is 1. The van der Waals surface area contributed by atoms with Gasteiger partial charge in [0.05, 0.1) is 18.8 Å². The molecule has 1 N–H and O–H groups in total. The second-order valence-electron chi connectivity index (χ2n) is 10.6. The molecule has 26 heavy (non-hydrogen) atoms. The first-order valence-electron chi connectivity index (χ1n) is 10.8. The minimum absolute atomic E-state index is 0.0944. The Labute approximate surface area is 157 Å². The Bertz CT molecular complexity index is 626. The van der Waals surface area contributed by atoms with E-state index in [0.717, 1.165) is 44.9 Å². The lowest BCUT2D eigenvalue weighted by atomic mass is 9.41. The molecule has 0 aromatic rings. The van der Waals surface area contributed by atoms with Gasteiger partial charge in [0.2, 0.25) is 0 Å². The smallest absolute Gasteiger partial charge is 0.171 e. The fourth-order valence-corrected chi connectivity index (χ4v) is 8.14. The van der Waals surface area contributed by atoms with Crippen molar-refractivity contribution in [3.63, 3.8) is 0 Å². The highest BCUT2D eigenvalue weighted by atomic mass is 16.7. The average Bonchev–Trinajstić information content (AvgIpc) is 3.16. The lowest BCUT2D eigenvalue weighted by Gasteiger charge is -2.66. The summed E-state index contributed by atoms with van der Waals surface area (Å²) in [5.74, 6) is 1.78. The van der Waals surface area contributed by atoms with Crippen molar-refractivity contribution in [2.45, 2.75) is 83.5 Å². The molecule has 4 heteroatoms. The molecule has 4 saturated carbocycles. The highest BCUT2D eigenvalue weighted by Crippen LogP contribution is 2.69. The van der Waals surface area contributed by atoms with Gasteiger partial charge in [-0.25, -0.2) is 0 Å². The van der Waals surface area contributed by atoms with E-state index in [-0.39, 0.29) is 16.7 Å². The standard InChI is InChI=1S/C22H34O4/c1-14-12-15-16-4-5-18(23)19(16,2)7-6-17(15)20(3)8-9-21(13-22(14,20)24)25-10-11-26-21/h14-17,24H,4-13H2,1-3H3/t14-,15?,16?,17?,19+,20-,22+/m1/s1. The van der Waals surface area contributed by atoms with Crippen molar-refractivity contribution >= 4 is 5.78 Å². The van der Waals surface area contributed by atoms with Crippen LogP contribution in [0, 0.1) is 34.5 Å². The molecule has 7 atom stereocenters. The Morgan fingerprint density at radius 1 is 1.04 bits per heavy atom. The molecule has 0 amide bonds. The number of rotatable bonds is 0. The molecule has 5 rings (SSSR count). The number of ether oxygens (including phenoxy) is 2. The summed E-state index contributed by atoms with van der Waals surface area (Å²) < 4.78 is 12.0. The van der Waals surface area contributed by atoms with Crippen molar-refractivity contribution in [2.24, 2.45) is 34.5 Å². The van der Waals surface area contributed by atoms with Crippen LogP contribution in [0.25, 0.3) is 0 Å². The van der Waals surface area contributed by atoms with E-state index in [2.05, 4.69) is 20.8 Å². The van der Waals surface area contributed by atoms with Crippen LogP contribution in [0.3, 0.4) is 0 Å². The summed E-state index contributed by atoms with van der Waals surface area (Å²) in [4.78, 5) is 12.6. The molecule has 5 fully saturated rings. The monoisotopic (exact) mass is 362 g/mol. The summed E-state index contributed by atoms with van der Waals surface area (Å²) in [7, 11) is 0. The minimum Gasteiger partial charge on any atom is -0.389 e. The van der Waals surface area contributed by atoms with Gasteiger partial charge in [0, 0.05) is 30.1 Å². The fourth-order valence-electron chi connectivity index (χ4n) is 8.14. The molecule has 0 bridgehead atoms. The Balaban J connectivity index is 1.51. The summed E-state index contributed by atoms with van der Waals surface area (Å²) in [6.07, 6.45) is 7.44. The normalized spacial score (nSPS) is 55.5. The summed E-state index contributed by atoms with van der Waals surface area (Å²) in [6.45, 7) is 8.09. The van der Waals surface area contributed by atoms with Crippen LogP contribution in [0.2, 0.25) is 0 Å². The van der Waals surface area contributed by atoms with E-state index < -0.39 is 11.4 Å². The van der Waals surface area contributed by atoms with Gasteiger partial charge in [-0.1, -0.05) is 20.8 Å². The summed E-state index contributed by atoms with van der Waals surface area (Å²) in [6, 6.07) is 0. The number of fused-ring (bicyclic) bond motifs is 5. The van der Waals surface area contributed by atoms with E-state index in [4.69, 9.17) is 9.47 Å². The zero-order valence-electron chi connectivity index (χ0n) is 16.6. The maximum atomic E-state index is 12.6. The molecule has 0 radical (unpaired) electrons. The molecule has 1 aliphatic heterocycles. The van der Waals surface area contributed by atoms with Crippen LogP contribution in [0.4, 0.5) is 0 Å². The molecular formula is C22H34O4. The third-order valence-electron chi connectivity index (χ3n) is 9.77. The molecular weight excluding hydrogens is 328 g/mol. The van der Waals surface area contributed by atoms with Gasteiger partial charge >= 0.3 is 0 Å². The van der Waals surface area contributed by atoms with Crippen LogP contribution in [-0.4, -0.2) is 35.5 Å². The third kappa shape index (κ3) is 1.99. The van der Waals surface area contributed by atoms with Crippen LogP contribution in [-0.2, 0) is 14.3 Å². The lowest BCUT2D eigenvalue weighted by Crippen LogP contribution is -2.68. The molecule has 146 valence electrons. The molecule has 1 saturated heterocycles. The van der Waals surface area contributed by atoms with E-state index in [1.807, 2.05) is 0 Å². The number of carbonyl (C=O) groups excluding carboxylic acids is 1. The number of ketones is 1. The first-order valence-corrected chi connectivity index (χ1v) is 10.8. The number of hydrogen-bond acceptors (Lipinski definition) is 4. The second kappa shape index (κ2) is 5.33. The van der Waals surface area contributed by atoms with Crippen LogP contribution < -0.4 is 0 Å². The topological polar surface area (TPSA) is 55.8 Å². The van der Waals surface area contributed by atoms with Crippen molar-refractivity contribution in [3.8, 4) is 0 Å². The van der Waals surface area contributed by atoms with Crippen molar-refractivity contribution in [3.05, 3.63) is 0 Å². The number of hydrogen-bond donors (Lipinski definition) is 1. The van der Waals surface area contributed by atoms with E-state index >= 15 is 0 Å². The van der Waals surface area contributed by atoms with Gasteiger partial charge in [-0.15, -0.1) is 0 Å². The highest BCUT2D eigenvalue weighted by molar-refractivity contribution is 5.87. The summed E-state index contributed by atoms with van der Waals surface area (Å²) in [5.41, 5.74) is -0.920. The first-order chi connectivity index (χ1) is 12.2. The Kier molecular flexibility index (Phi) is 3.61. The summed E-state index contributed by atoms with van der Waals surface area (Å²) >= 11 is 0. The van der Waals surface area contributed by atoms with Gasteiger partial charge in [-0.2, -0.15) is 0 Å². The predicted molar refractivity (Wildman–Crippen MR) is 97.4 cm³/mol. The first kappa shape index (κ1) is 17.6. The molecule has 5 aliphatic rings. The second-order valence-corrected chi connectivity index (χ2v) is 10.6. The van der Waals surface area contributed by atoms with E-state index in [1.54, 1.807) is 0 Å². The Morgan fingerprint density at radius 3 is 2.50 bits per heavy atom. The van der Waals surface area contributed by atoms with Crippen LogP contribution in [0.5, 0.6) is 0 Å². The largest absolute Gasteiger partial charge is 0.389 e. The third-order valence-corrected chi connectivity index (χ3v) is 9.77. The lowest BCUT2D eigenvalue weighted by molar-refractivity contribution is -0.299. The summed E-state index contributed by atoms with van der Waals surface area (Å²) in [5, 5.41) is 12.0. The number of carbonyl (C=O) groups is 1. The molecule has 1 spiro atoms. The van der Waals surface area contributed by atoms with Crippen LogP contribution >= 0.6 is 0 Å². The molecule has 3 unspecified atom stereocenters. The Hall–Kier alpha value is -0.450. The van der Waals surface area contributed by atoms with Gasteiger partial charge < -0.3 is 14.6 Å². The SMILES string of the molecule is C[C@@H]1CC2C3CCC(=O)[C@@]3(C)CCC2[C@@]2(C)CCC3(C[C@]12O)OCCO3. The van der Waals surface area contributed by atoms with E-state index in [0.29, 0.717) is 43.2 Å². The minimum atomic E-state index is -0.729. The maximum absolute atomic E-state index is 12.6. The van der Waals surface area contributed by atoms with Crippen molar-refractivity contribution in [2.75, 3.05) is 13.2 Å². The van der Waals surface area contributed by atoms with Crippen molar-refractivity contribution in [1.82, 2.24) is 0 Å². The maximum Gasteiger partial charge on any atom is 0.171 e. The zero-order valence-corrected chi connectivity index (χ0v) is 16.6. The van der Waals surface area contributed by atoms with Crippen LogP contribution in [0.1, 0.15) is 72.1 Å². The van der Waals surface area contributed by atoms with E-state index in [1.165, 1.54) is 0 Å². The number of Topliss-reactive ketones (excluding diaryl/α,β-unsaturated/α-hetero) is 1. The van der Waals surface area contributed by atoms with Crippen molar-refractivity contribution in [1.29, 1.82) is 0 Å². The highest BCUT2D eigenvalue weighted by Gasteiger charge is 2.69. The zero-order chi connectivity index (χ0) is 18.4. The van der Waals surface area contributed by atoms with Gasteiger partial charge in [-0.3, -0.25) is 4.79 Å². The fraction of sp³-hybridized carbons (Fsp3) is 0.955. The predicted octanol–water partition coefficient (Wildman–Crippen LogP) is 3.70. The molecule has 0 aromatic carbocycles. The molecule has 0 aromatic heterocycles. The van der Waals surface area contributed by atoms with Crippen LogP contribution in [0.15, 0.2) is 0 Å². The quantitative estimate of drug-likeness (QED) is 0.714. The van der Waals surface area contributed by atoms with Crippen molar-refractivity contribution < 1.29 is 19.4 Å². The molecule has 4 aliphatic carbocycles. The van der Waals surface area contributed by atoms with Gasteiger partial charge in [-0.05, 0) is 55.8 Å². The van der Waals surface area contributed by atoms with Gasteiger partial charge in [0.15, 0.2) is 5.79 Å². The van der Waals surface area contributed by atoms with E-state index in [9.17, 15) is 9.90 Å². The Morgan fingerprint density at radius 2 is 1.77 bits per heavy atom. The molecule has 1 heterocycles.